The summed E-state index contributed by atoms with van der Waals surface area (Å²) in [5, 5.41) is 14.5. The summed E-state index contributed by atoms with van der Waals surface area (Å²) in [7, 11) is 0. The number of carboxylic acid groups (broad SMARTS) is 1. The second-order valence-corrected chi connectivity index (χ2v) is 8.45. The minimum absolute atomic E-state index is 0.0359. The number of fused-ring (bicyclic) bond motifs is 3. The highest BCUT2D eigenvalue weighted by molar-refractivity contribution is 6.33. The average molecular weight is 491 g/mol. The fourth-order valence-electron chi connectivity index (χ4n) is 4.03. The van der Waals surface area contributed by atoms with Gasteiger partial charge < -0.3 is 20.5 Å². The standard InChI is InChI=1S/C27H23ClN2O5/c1-16(25(31)30-17-10-11-24(28)22(14-17)26(32)33)12-13-29-27(34)35-15-23-20-8-4-2-6-18(20)19-7-3-5-9-21(19)23/h2-12,14,23H,13,15H2,1H3,(H,29,34)(H,30,31)(H,32,33)/b16-12+. The topological polar surface area (TPSA) is 105 Å². The van der Waals surface area contributed by atoms with Crippen molar-refractivity contribution < 1.29 is 24.2 Å². The Labute approximate surface area is 207 Å². The van der Waals surface area contributed by atoms with Crippen molar-refractivity contribution in [1.29, 1.82) is 0 Å². The van der Waals surface area contributed by atoms with Crippen LogP contribution in [0.5, 0.6) is 0 Å². The van der Waals surface area contributed by atoms with Gasteiger partial charge >= 0.3 is 12.1 Å². The number of anilines is 1. The van der Waals surface area contributed by atoms with Crippen LogP contribution in [0, 0.1) is 0 Å². The number of aromatic carboxylic acids is 1. The number of halogens is 1. The summed E-state index contributed by atoms with van der Waals surface area (Å²) >= 11 is 5.85. The Morgan fingerprint density at radius 2 is 1.63 bits per heavy atom. The third kappa shape index (κ3) is 5.36. The molecule has 0 bridgehead atoms. The predicted octanol–water partition coefficient (Wildman–Crippen LogP) is 5.46. The Balaban J connectivity index is 1.30. The van der Waals surface area contributed by atoms with E-state index in [4.69, 9.17) is 21.4 Å². The zero-order chi connectivity index (χ0) is 24.9. The van der Waals surface area contributed by atoms with E-state index in [1.807, 2.05) is 36.4 Å². The van der Waals surface area contributed by atoms with Crippen LogP contribution in [-0.2, 0) is 9.53 Å². The van der Waals surface area contributed by atoms with E-state index in [9.17, 15) is 14.4 Å². The lowest BCUT2D eigenvalue weighted by Gasteiger charge is -2.14. The Kier molecular flexibility index (Phi) is 7.17. The number of ether oxygens (including phenoxy) is 1. The number of nitrogens with one attached hydrogen (secondary N) is 2. The van der Waals surface area contributed by atoms with Crippen molar-refractivity contribution in [2.24, 2.45) is 0 Å². The van der Waals surface area contributed by atoms with Crippen molar-refractivity contribution >= 4 is 35.3 Å². The van der Waals surface area contributed by atoms with Gasteiger partial charge in [0.15, 0.2) is 0 Å². The van der Waals surface area contributed by atoms with Gasteiger partial charge in [-0.15, -0.1) is 0 Å². The first-order valence-electron chi connectivity index (χ1n) is 10.9. The highest BCUT2D eigenvalue weighted by atomic mass is 35.5. The molecule has 0 heterocycles. The molecule has 3 aromatic rings. The molecular weight excluding hydrogens is 468 g/mol. The molecule has 4 rings (SSSR count). The SMILES string of the molecule is C/C(=C\CNC(=O)OCC1c2ccccc2-c2ccccc21)C(=O)Nc1ccc(Cl)c(C(=O)O)c1. The monoisotopic (exact) mass is 490 g/mol. The van der Waals surface area contributed by atoms with Gasteiger partial charge in [0.2, 0.25) is 0 Å². The Morgan fingerprint density at radius 1 is 1.00 bits per heavy atom. The first-order valence-corrected chi connectivity index (χ1v) is 11.3. The highest BCUT2D eigenvalue weighted by Crippen LogP contribution is 2.44. The second-order valence-electron chi connectivity index (χ2n) is 8.05. The van der Waals surface area contributed by atoms with Gasteiger partial charge in [0.05, 0.1) is 10.6 Å². The van der Waals surface area contributed by atoms with E-state index < -0.39 is 18.0 Å². The quantitative estimate of drug-likeness (QED) is 0.381. The minimum Gasteiger partial charge on any atom is -0.478 e. The van der Waals surface area contributed by atoms with Crippen LogP contribution in [0.15, 0.2) is 78.4 Å². The average Bonchev–Trinajstić information content (AvgIpc) is 3.17. The van der Waals surface area contributed by atoms with Crippen molar-refractivity contribution in [1.82, 2.24) is 5.32 Å². The molecule has 0 saturated heterocycles. The maximum atomic E-state index is 12.4. The number of amides is 2. The number of benzene rings is 3. The summed E-state index contributed by atoms with van der Waals surface area (Å²) in [5.74, 6) is -1.66. The number of carbonyl (C=O) groups is 3. The summed E-state index contributed by atoms with van der Waals surface area (Å²) in [6, 6.07) is 20.4. The molecule has 1 aliphatic carbocycles. The van der Waals surface area contributed by atoms with Gasteiger partial charge in [-0.3, -0.25) is 4.79 Å². The van der Waals surface area contributed by atoms with Gasteiger partial charge in [-0.05, 0) is 47.4 Å². The van der Waals surface area contributed by atoms with E-state index in [0.29, 0.717) is 11.3 Å². The molecule has 0 atom stereocenters. The van der Waals surface area contributed by atoms with E-state index in [-0.39, 0.29) is 29.7 Å². The molecule has 7 nitrogen and oxygen atoms in total. The third-order valence-electron chi connectivity index (χ3n) is 5.81. The van der Waals surface area contributed by atoms with E-state index in [1.54, 1.807) is 13.0 Å². The zero-order valence-corrected chi connectivity index (χ0v) is 19.6. The summed E-state index contributed by atoms with van der Waals surface area (Å²) in [5.41, 5.74) is 5.09. The molecule has 3 N–H and O–H groups in total. The van der Waals surface area contributed by atoms with Gasteiger partial charge in [0.1, 0.15) is 6.61 Å². The highest BCUT2D eigenvalue weighted by Gasteiger charge is 2.28. The summed E-state index contributed by atoms with van der Waals surface area (Å²) in [6.45, 7) is 1.88. The Hall–Kier alpha value is -4.10. The molecule has 0 saturated carbocycles. The van der Waals surface area contributed by atoms with Crippen molar-refractivity contribution in [2.75, 3.05) is 18.5 Å². The van der Waals surface area contributed by atoms with Crippen LogP contribution in [0.1, 0.15) is 34.3 Å². The summed E-state index contributed by atoms with van der Waals surface area (Å²) in [4.78, 5) is 35.8. The second kappa shape index (κ2) is 10.4. The molecule has 8 heteroatoms. The normalized spacial score (nSPS) is 12.5. The van der Waals surface area contributed by atoms with Crippen molar-refractivity contribution in [3.05, 3.63) is 100 Å². The van der Waals surface area contributed by atoms with Gasteiger partial charge in [0.25, 0.3) is 5.91 Å². The van der Waals surface area contributed by atoms with Crippen molar-refractivity contribution in [3.63, 3.8) is 0 Å². The van der Waals surface area contributed by atoms with E-state index in [0.717, 1.165) is 22.3 Å². The predicted molar refractivity (Wildman–Crippen MR) is 134 cm³/mol. The lowest BCUT2D eigenvalue weighted by atomic mass is 9.98. The summed E-state index contributed by atoms with van der Waals surface area (Å²) in [6.07, 6.45) is 0.963. The lowest BCUT2D eigenvalue weighted by Crippen LogP contribution is -2.26. The Bertz CT molecular complexity index is 1290. The Morgan fingerprint density at radius 3 is 2.26 bits per heavy atom. The molecule has 0 radical (unpaired) electrons. The first-order chi connectivity index (χ1) is 16.8. The lowest BCUT2D eigenvalue weighted by molar-refractivity contribution is -0.112. The maximum Gasteiger partial charge on any atom is 0.407 e. The number of carboxylic acids is 1. The largest absolute Gasteiger partial charge is 0.478 e. The molecule has 0 spiro atoms. The number of rotatable bonds is 7. The molecule has 0 unspecified atom stereocenters. The molecule has 1 aliphatic rings. The van der Waals surface area contributed by atoms with Crippen LogP contribution in [-0.4, -0.2) is 36.2 Å². The van der Waals surface area contributed by atoms with Gasteiger partial charge in [-0.2, -0.15) is 0 Å². The molecule has 3 aromatic carbocycles. The fourth-order valence-corrected chi connectivity index (χ4v) is 4.22. The third-order valence-corrected chi connectivity index (χ3v) is 6.14. The van der Waals surface area contributed by atoms with E-state index in [2.05, 4.69) is 22.8 Å². The van der Waals surface area contributed by atoms with Crippen LogP contribution in [0.3, 0.4) is 0 Å². The number of hydrogen-bond donors (Lipinski definition) is 3. The molecule has 0 fully saturated rings. The van der Waals surface area contributed by atoms with Crippen LogP contribution >= 0.6 is 11.6 Å². The molecule has 2 amide bonds. The number of alkyl carbamates (subject to hydrolysis) is 1. The van der Waals surface area contributed by atoms with Gasteiger partial charge in [0, 0.05) is 23.7 Å². The summed E-state index contributed by atoms with van der Waals surface area (Å²) < 4.78 is 5.48. The number of hydrogen-bond acceptors (Lipinski definition) is 4. The van der Waals surface area contributed by atoms with Crippen LogP contribution in [0.25, 0.3) is 11.1 Å². The molecule has 35 heavy (non-hydrogen) atoms. The van der Waals surface area contributed by atoms with Gasteiger partial charge in [-0.25, -0.2) is 9.59 Å². The zero-order valence-electron chi connectivity index (χ0n) is 18.9. The maximum absolute atomic E-state index is 12.4. The smallest absolute Gasteiger partial charge is 0.407 e. The van der Waals surface area contributed by atoms with Crippen molar-refractivity contribution in [2.45, 2.75) is 12.8 Å². The number of carbonyl (C=O) groups excluding carboxylic acids is 2. The van der Waals surface area contributed by atoms with Crippen LogP contribution in [0.2, 0.25) is 5.02 Å². The molecule has 0 aliphatic heterocycles. The molecular formula is C27H23ClN2O5. The van der Waals surface area contributed by atoms with E-state index >= 15 is 0 Å². The first kappa shape index (κ1) is 24.0. The molecule has 178 valence electrons. The van der Waals surface area contributed by atoms with Crippen molar-refractivity contribution in [3.8, 4) is 11.1 Å². The molecule has 0 aromatic heterocycles. The van der Waals surface area contributed by atoms with Crippen LogP contribution in [0.4, 0.5) is 10.5 Å². The van der Waals surface area contributed by atoms with E-state index in [1.165, 1.54) is 18.2 Å². The fraction of sp³-hybridized carbons (Fsp3) is 0.148. The minimum atomic E-state index is -1.19. The van der Waals surface area contributed by atoms with Gasteiger partial charge in [-0.1, -0.05) is 66.2 Å². The van der Waals surface area contributed by atoms with Crippen LogP contribution < -0.4 is 10.6 Å².